The van der Waals surface area contributed by atoms with E-state index in [0.717, 1.165) is 12.8 Å². The fourth-order valence-corrected chi connectivity index (χ4v) is 2.63. The number of hydrogen-bond donors (Lipinski definition) is 3. The summed E-state index contributed by atoms with van der Waals surface area (Å²) in [6.45, 7) is 0.579. The zero-order chi connectivity index (χ0) is 16.4. The lowest BCUT2D eigenvalue weighted by molar-refractivity contribution is -0.121. The molecule has 1 aliphatic carbocycles. The molecule has 23 heavy (non-hydrogen) atoms. The van der Waals surface area contributed by atoms with Gasteiger partial charge in [0, 0.05) is 19.0 Å². The Labute approximate surface area is 132 Å². The van der Waals surface area contributed by atoms with Crippen LogP contribution in [-0.4, -0.2) is 28.3 Å². The molecule has 2 aromatic rings. The van der Waals surface area contributed by atoms with Crippen LogP contribution in [0.4, 0.5) is 0 Å². The Hall–Kier alpha value is -2.41. The van der Waals surface area contributed by atoms with Crippen molar-refractivity contribution in [2.75, 3.05) is 6.54 Å². The number of hydrogen-bond acceptors (Lipinski definition) is 4. The third-order valence-corrected chi connectivity index (χ3v) is 4.21. The van der Waals surface area contributed by atoms with E-state index >= 15 is 0 Å². The van der Waals surface area contributed by atoms with Gasteiger partial charge < -0.3 is 11.1 Å². The molecule has 0 radical (unpaired) electrons. The molecule has 7 nitrogen and oxygen atoms in total. The molecule has 1 aliphatic rings. The number of amides is 1. The zero-order valence-electron chi connectivity index (χ0n) is 12.7. The van der Waals surface area contributed by atoms with Crippen molar-refractivity contribution in [2.24, 2.45) is 11.7 Å². The van der Waals surface area contributed by atoms with E-state index in [4.69, 9.17) is 5.73 Å². The number of aromatic nitrogens is 2. The molecule has 0 saturated heterocycles. The summed E-state index contributed by atoms with van der Waals surface area (Å²) in [4.78, 5) is 36.1. The number of aromatic amines is 1. The second kappa shape index (κ2) is 6.37. The molecule has 7 heteroatoms. The summed E-state index contributed by atoms with van der Waals surface area (Å²) in [7, 11) is 0. The van der Waals surface area contributed by atoms with Crippen molar-refractivity contribution in [1.82, 2.24) is 15.1 Å². The number of nitrogens with zero attached hydrogens (tertiary/aromatic N) is 1. The molecule has 1 aromatic heterocycles. The maximum Gasteiger partial charge on any atom is 0.273 e. The standard InChI is InChI=1S/C16H20N4O3/c17-13(10-5-6-10)9-18-14(21)7-8-20-16(23)12-4-2-1-3-11(12)15(22)19-20/h1-4,10,13H,5-9,17H2,(H,18,21)(H,19,22). The molecule has 1 fully saturated rings. The first-order chi connectivity index (χ1) is 11.1. The lowest BCUT2D eigenvalue weighted by Gasteiger charge is -2.12. The van der Waals surface area contributed by atoms with Crippen LogP contribution in [0, 0.1) is 5.92 Å². The SMILES string of the molecule is NC(CNC(=O)CCn1[nH]c(=O)c2ccccc2c1=O)C1CC1. The van der Waals surface area contributed by atoms with Crippen LogP contribution in [0.1, 0.15) is 19.3 Å². The minimum atomic E-state index is -0.337. The second-order valence-electron chi connectivity index (χ2n) is 6.00. The lowest BCUT2D eigenvalue weighted by Crippen LogP contribution is -2.39. The number of aryl methyl sites for hydroxylation is 1. The highest BCUT2D eigenvalue weighted by Gasteiger charge is 2.28. The Bertz CT molecular complexity index is 835. The summed E-state index contributed by atoms with van der Waals surface area (Å²) < 4.78 is 1.19. The number of nitrogens with one attached hydrogen (secondary N) is 2. The number of fused-ring (bicyclic) bond motifs is 1. The Balaban J connectivity index is 1.65. The van der Waals surface area contributed by atoms with Gasteiger partial charge in [0.05, 0.1) is 17.3 Å². The number of rotatable bonds is 6. The van der Waals surface area contributed by atoms with Crippen LogP contribution >= 0.6 is 0 Å². The Morgan fingerprint density at radius 3 is 2.70 bits per heavy atom. The van der Waals surface area contributed by atoms with Gasteiger partial charge in [0.15, 0.2) is 0 Å². The Kier molecular flexibility index (Phi) is 4.29. The van der Waals surface area contributed by atoms with Gasteiger partial charge >= 0.3 is 0 Å². The summed E-state index contributed by atoms with van der Waals surface area (Å²) >= 11 is 0. The molecule has 1 heterocycles. The summed E-state index contributed by atoms with van der Waals surface area (Å²) in [5.41, 5.74) is 5.28. The van der Waals surface area contributed by atoms with Crippen molar-refractivity contribution in [1.29, 1.82) is 0 Å². The van der Waals surface area contributed by atoms with Crippen molar-refractivity contribution in [3.63, 3.8) is 0 Å². The van der Waals surface area contributed by atoms with Crippen LogP contribution in [0.15, 0.2) is 33.9 Å². The highest BCUT2D eigenvalue weighted by atomic mass is 16.2. The van der Waals surface area contributed by atoms with Gasteiger partial charge in [0.25, 0.3) is 11.1 Å². The minimum absolute atomic E-state index is 0.00199. The monoisotopic (exact) mass is 316 g/mol. The quantitative estimate of drug-likeness (QED) is 0.693. The average molecular weight is 316 g/mol. The fourth-order valence-electron chi connectivity index (χ4n) is 2.63. The Morgan fingerprint density at radius 2 is 2.00 bits per heavy atom. The van der Waals surface area contributed by atoms with Crippen molar-refractivity contribution in [3.05, 3.63) is 45.0 Å². The highest BCUT2D eigenvalue weighted by molar-refractivity contribution is 5.80. The second-order valence-corrected chi connectivity index (χ2v) is 6.00. The van der Waals surface area contributed by atoms with E-state index in [0.29, 0.717) is 23.2 Å². The van der Waals surface area contributed by atoms with Crippen LogP contribution in [-0.2, 0) is 11.3 Å². The zero-order valence-corrected chi connectivity index (χ0v) is 12.7. The third-order valence-electron chi connectivity index (χ3n) is 4.21. The highest BCUT2D eigenvalue weighted by Crippen LogP contribution is 2.31. The van der Waals surface area contributed by atoms with Gasteiger partial charge in [-0.05, 0) is 30.9 Å². The first-order valence-electron chi connectivity index (χ1n) is 7.80. The largest absolute Gasteiger partial charge is 0.354 e. The molecule has 0 spiro atoms. The summed E-state index contributed by atoms with van der Waals surface area (Å²) in [6.07, 6.45) is 2.38. The number of carbonyl (C=O) groups excluding carboxylic acids is 1. The van der Waals surface area contributed by atoms with E-state index < -0.39 is 0 Å². The number of benzene rings is 1. The first kappa shape index (κ1) is 15.5. The summed E-state index contributed by atoms with van der Waals surface area (Å²) in [5.74, 6) is 0.344. The third kappa shape index (κ3) is 3.50. The summed E-state index contributed by atoms with van der Waals surface area (Å²) in [6, 6.07) is 6.63. The number of H-pyrrole nitrogens is 1. The molecule has 3 rings (SSSR count). The molecule has 1 amide bonds. The number of carbonyl (C=O) groups is 1. The van der Waals surface area contributed by atoms with Crippen molar-refractivity contribution in [2.45, 2.75) is 31.8 Å². The molecule has 122 valence electrons. The average Bonchev–Trinajstić information content (AvgIpc) is 3.39. The van der Waals surface area contributed by atoms with Crippen molar-refractivity contribution in [3.8, 4) is 0 Å². The molecule has 4 N–H and O–H groups in total. The van der Waals surface area contributed by atoms with Crippen LogP contribution < -0.4 is 22.2 Å². The van der Waals surface area contributed by atoms with Gasteiger partial charge in [0.2, 0.25) is 5.91 Å². The van der Waals surface area contributed by atoms with Gasteiger partial charge in [-0.25, -0.2) is 4.68 Å². The normalized spacial score (nSPS) is 15.5. The van der Waals surface area contributed by atoms with Gasteiger partial charge in [-0.1, -0.05) is 12.1 Å². The molecule has 0 bridgehead atoms. The van der Waals surface area contributed by atoms with Crippen LogP contribution in [0.25, 0.3) is 10.8 Å². The minimum Gasteiger partial charge on any atom is -0.354 e. The Morgan fingerprint density at radius 1 is 1.30 bits per heavy atom. The predicted molar refractivity (Wildman–Crippen MR) is 87.2 cm³/mol. The van der Waals surface area contributed by atoms with E-state index in [-0.39, 0.29) is 36.0 Å². The molecule has 1 aromatic carbocycles. The predicted octanol–water partition coefficient (Wildman–Crippen LogP) is -0.0666. The van der Waals surface area contributed by atoms with E-state index in [2.05, 4.69) is 10.4 Å². The molecule has 1 saturated carbocycles. The molecular formula is C16H20N4O3. The first-order valence-corrected chi connectivity index (χ1v) is 7.80. The smallest absolute Gasteiger partial charge is 0.273 e. The summed E-state index contributed by atoms with van der Waals surface area (Å²) in [5, 5.41) is 5.99. The van der Waals surface area contributed by atoms with Crippen LogP contribution in [0.5, 0.6) is 0 Å². The maximum absolute atomic E-state index is 12.3. The van der Waals surface area contributed by atoms with E-state index in [9.17, 15) is 14.4 Å². The van der Waals surface area contributed by atoms with Crippen LogP contribution in [0.2, 0.25) is 0 Å². The van der Waals surface area contributed by atoms with Gasteiger partial charge in [-0.3, -0.25) is 19.5 Å². The molecule has 0 aliphatic heterocycles. The van der Waals surface area contributed by atoms with Gasteiger partial charge in [0.1, 0.15) is 0 Å². The molecular weight excluding hydrogens is 296 g/mol. The van der Waals surface area contributed by atoms with Gasteiger partial charge in [-0.2, -0.15) is 0 Å². The van der Waals surface area contributed by atoms with E-state index in [1.165, 1.54) is 4.68 Å². The van der Waals surface area contributed by atoms with Gasteiger partial charge in [-0.15, -0.1) is 0 Å². The van der Waals surface area contributed by atoms with Crippen LogP contribution in [0.3, 0.4) is 0 Å². The number of nitrogens with two attached hydrogens (primary N) is 1. The fraction of sp³-hybridized carbons (Fsp3) is 0.438. The maximum atomic E-state index is 12.3. The molecule has 1 atom stereocenters. The van der Waals surface area contributed by atoms with Crippen molar-refractivity contribution >= 4 is 16.7 Å². The lowest BCUT2D eigenvalue weighted by atomic mass is 10.2. The van der Waals surface area contributed by atoms with E-state index in [1.807, 2.05) is 0 Å². The van der Waals surface area contributed by atoms with Crippen molar-refractivity contribution < 1.29 is 4.79 Å². The van der Waals surface area contributed by atoms with E-state index in [1.54, 1.807) is 24.3 Å². The molecule has 1 unspecified atom stereocenters. The topological polar surface area (TPSA) is 110 Å².